The first-order valence-corrected chi connectivity index (χ1v) is 8.00. The molecule has 5 heteroatoms. The topological polar surface area (TPSA) is 41.1 Å². The van der Waals surface area contributed by atoms with E-state index < -0.39 is 11.6 Å². The molecule has 0 aliphatic rings. The summed E-state index contributed by atoms with van der Waals surface area (Å²) in [7, 11) is 0. The van der Waals surface area contributed by atoms with Gasteiger partial charge in [-0.15, -0.1) is 0 Å². The highest BCUT2D eigenvalue weighted by atomic mass is 19.2. The molecule has 25 heavy (non-hydrogen) atoms. The Balaban J connectivity index is 1.58. The van der Waals surface area contributed by atoms with Crippen LogP contribution in [0.1, 0.15) is 18.5 Å². The summed E-state index contributed by atoms with van der Waals surface area (Å²) in [6.07, 6.45) is 0. The van der Waals surface area contributed by atoms with Crippen molar-refractivity contribution in [2.75, 3.05) is 11.9 Å². The minimum absolute atomic E-state index is 0.0625. The molecule has 0 saturated heterocycles. The fraction of sp³-hybridized carbons (Fsp3) is 0.150. The number of nitrogens with one attached hydrogen (secondary N) is 2. The number of carbonyl (C=O) groups excluding carboxylic acids is 1. The van der Waals surface area contributed by atoms with Gasteiger partial charge in [-0.3, -0.25) is 4.79 Å². The molecule has 1 atom stereocenters. The fourth-order valence-corrected chi connectivity index (χ4v) is 2.62. The van der Waals surface area contributed by atoms with Crippen molar-refractivity contribution in [2.24, 2.45) is 0 Å². The van der Waals surface area contributed by atoms with Gasteiger partial charge < -0.3 is 10.6 Å². The van der Waals surface area contributed by atoms with Crippen LogP contribution in [0.2, 0.25) is 0 Å². The van der Waals surface area contributed by atoms with E-state index in [9.17, 15) is 13.6 Å². The maximum absolute atomic E-state index is 13.3. The molecule has 0 spiro atoms. The lowest BCUT2D eigenvalue weighted by molar-refractivity contribution is -0.115. The molecule has 0 aromatic heterocycles. The zero-order valence-corrected chi connectivity index (χ0v) is 13.7. The van der Waals surface area contributed by atoms with Crippen molar-refractivity contribution in [1.82, 2.24) is 5.32 Å². The number of halogens is 2. The van der Waals surface area contributed by atoms with Crippen molar-refractivity contribution in [1.29, 1.82) is 0 Å². The maximum Gasteiger partial charge on any atom is 0.238 e. The van der Waals surface area contributed by atoms with E-state index in [1.165, 1.54) is 6.07 Å². The first-order chi connectivity index (χ1) is 12.0. The highest BCUT2D eigenvalue weighted by Crippen LogP contribution is 2.19. The van der Waals surface area contributed by atoms with E-state index in [1.807, 2.05) is 42.5 Å². The second kappa shape index (κ2) is 7.40. The summed E-state index contributed by atoms with van der Waals surface area (Å²) in [5, 5.41) is 7.97. The van der Waals surface area contributed by atoms with Crippen LogP contribution in [0.15, 0.2) is 60.7 Å². The Morgan fingerprint density at radius 1 is 0.960 bits per heavy atom. The van der Waals surface area contributed by atoms with Crippen LogP contribution in [0.25, 0.3) is 10.8 Å². The highest BCUT2D eigenvalue weighted by molar-refractivity contribution is 5.95. The first-order valence-electron chi connectivity index (χ1n) is 8.00. The lowest BCUT2D eigenvalue weighted by Gasteiger charge is -2.14. The average molecular weight is 340 g/mol. The Kier molecular flexibility index (Phi) is 5.05. The highest BCUT2D eigenvalue weighted by Gasteiger charge is 2.11. The number of benzene rings is 3. The maximum atomic E-state index is 13.3. The van der Waals surface area contributed by atoms with E-state index in [-0.39, 0.29) is 18.5 Å². The Hall–Kier alpha value is -2.79. The van der Waals surface area contributed by atoms with Crippen LogP contribution < -0.4 is 10.6 Å². The standard InChI is InChI=1S/C20H18F2N2O/c1-13(15-7-9-18(21)19(22)11-15)23-12-20(25)24-17-8-6-14-4-2-3-5-16(14)10-17/h2-11,13,23H,12H2,1H3,(H,24,25)/t13-/m0/s1. The van der Waals surface area contributed by atoms with Gasteiger partial charge in [0.2, 0.25) is 5.91 Å². The van der Waals surface area contributed by atoms with Gasteiger partial charge >= 0.3 is 0 Å². The third-order valence-electron chi connectivity index (χ3n) is 4.05. The number of amides is 1. The summed E-state index contributed by atoms with van der Waals surface area (Å²) >= 11 is 0. The molecule has 3 nitrogen and oxygen atoms in total. The predicted octanol–water partition coefficient (Wildman–Crippen LogP) is 4.41. The second-order valence-electron chi connectivity index (χ2n) is 5.89. The molecule has 1 amide bonds. The summed E-state index contributed by atoms with van der Waals surface area (Å²) in [5.74, 6) is -1.98. The Morgan fingerprint density at radius 3 is 2.48 bits per heavy atom. The third-order valence-corrected chi connectivity index (χ3v) is 4.05. The minimum Gasteiger partial charge on any atom is -0.325 e. The molecule has 0 unspecified atom stereocenters. The molecule has 3 aromatic rings. The van der Waals surface area contributed by atoms with Crippen LogP contribution in [0.5, 0.6) is 0 Å². The zero-order chi connectivity index (χ0) is 17.8. The molecular weight excluding hydrogens is 322 g/mol. The van der Waals surface area contributed by atoms with Crippen LogP contribution >= 0.6 is 0 Å². The van der Waals surface area contributed by atoms with Gasteiger partial charge in [0.25, 0.3) is 0 Å². The first kappa shape index (κ1) is 17.0. The van der Waals surface area contributed by atoms with Gasteiger partial charge in [0.05, 0.1) is 6.54 Å². The van der Waals surface area contributed by atoms with Crippen LogP contribution in [0.4, 0.5) is 14.5 Å². The molecule has 0 aliphatic carbocycles. The molecule has 0 aliphatic heterocycles. The van der Waals surface area contributed by atoms with E-state index >= 15 is 0 Å². The molecule has 0 fully saturated rings. The Labute approximate surface area is 144 Å². The summed E-state index contributed by atoms with van der Waals surface area (Å²) in [6.45, 7) is 1.85. The van der Waals surface area contributed by atoms with Crippen molar-refractivity contribution in [2.45, 2.75) is 13.0 Å². The van der Waals surface area contributed by atoms with Gasteiger partial charge in [-0.1, -0.05) is 36.4 Å². The number of hydrogen-bond donors (Lipinski definition) is 2. The number of fused-ring (bicyclic) bond motifs is 1. The molecule has 128 valence electrons. The Morgan fingerprint density at radius 2 is 1.72 bits per heavy atom. The smallest absolute Gasteiger partial charge is 0.238 e. The van der Waals surface area contributed by atoms with Crippen LogP contribution in [-0.2, 0) is 4.79 Å². The third kappa shape index (κ3) is 4.19. The molecule has 0 saturated carbocycles. The van der Waals surface area contributed by atoms with Gasteiger partial charge in [0.1, 0.15) is 0 Å². The number of rotatable bonds is 5. The van der Waals surface area contributed by atoms with Gasteiger partial charge in [-0.25, -0.2) is 8.78 Å². The summed E-state index contributed by atoms with van der Waals surface area (Å²) in [4.78, 5) is 12.1. The lowest BCUT2D eigenvalue weighted by Crippen LogP contribution is -2.30. The van der Waals surface area contributed by atoms with Gasteiger partial charge in [0, 0.05) is 11.7 Å². The minimum atomic E-state index is -0.897. The second-order valence-corrected chi connectivity index (χ2v) is 5.89. The van der Waals surface area contributed by atoms with Crippen LogP contribution in [0, 0.1) is 11.6 Å². The van der Waals surface area contributed by atoms with E-state index in [0.29, 0.717) is 11.3 Å². The monoisotopic (exact) mass is 340 g/mol. The van der Waals surface area contributed by atoms with Gasteiger partial charge in [-0.05, 0) is 47.5 Å². The van der Waals surface area contributed by atoms with Crippen molar-refractivity contribution >= 4 is 22.4 Å². The van der Waals surface area contributed by atoms with E-state index in [0.717, 1.165) is 22.9 Å². The van der Waals surface area contributed by atoms with Crippen LogP contribution in [0.3, 0.4) is 0 Å². The van der Waals surface area contributed by atoms with Gasteiger partial charge in [-0.2, -0.15) is 0 Å². The summed E-state index contributed by atoms with van der Waals surface area (Å²) in [6, 6.07) is 17.0. The molecule has 0 heterocycles. The fourth-order valence-electron chi connectivity index (χ4n) is 2.62. The largest absolute Gasteiger partial charge is 0.325 e. The lowest BCUT2D eigenvalue weighted by atomic mass is 10.1. The SMILES string of the molecule is C[C@H](NCC(=O)Nc1ccc2ccccc2c1)c1ccc(F)c(F)c1. The predicted molar refractivity (Wildman–Crippen MR) is 95.4 cm³/mol. The Bertz CT molecular complexity index is 911. The van der Waals surface area contributed by atoms with Crippen molar-refractivity contribution in [3.8, 4) is 0 Å². The van der Waals surface area contributed by atoms with E-state index in [4.69, 9.17) is 0 Å². The molecule has 0 radical (unpaired) electrons. The van der Waals surface area contributed by atoms with Crippen molar-refractivity contribution in [3.63, 3.8) is 0 Å². The van der Waals surface area contributed by atoms with Crippen molar-refractivity contribution < 1.29 is 13.6 Å². The molecule has 2 N–H and O–H groups in total. The van der Waals surface area contributed by atoms with Crippen molar-refractivity contribution in [3.05, 3.63) is 77.9 Å². The number of carbonyl (C=O) groups is 1. The molecular formula is C20H18F2N2O. The van der Waals surface area contributed by atoms with Gasteiger partial charge in [0.15, 0.2) is 11.6 Å². The number of hydrogen-bond acceptors (Lipinski definition) is 2. The van der Waals surface area contributed by atoms with E-state index in [1.54, 1.807) is 6.92 Å². The van der Waals surface area contributed by atoms with Crippen LogP contribution in [-0.4, -0.2) is 12.5 Å². The average Bonchev–Trinajstić information content (AvgIpc) is 2.62. The van der Waals surface area contributed by atoms with E-state index in [2.05, 4.69) is 10.6 Å². The summed E-state index contributed by atoms with van der Waals surface area (Å²) in [5.41, 5.74) is 1.29. The normalized spacial score (nSPS) is 12.1. The number of anilines is 1. The molecule has 3 rings (SSSR count). The molecule has 3 aromatic carbocycles. The quantitative estimate of drug-likeness (QED) is 0.722. The zero-order valence-electron chi connectivity index (χ0n) is 13.7. The molecule has 0 bridgehead atoms. The summed E-state index contributed by atoms with van der Waals surface area (Å²) < 4.78 is 26.2.